The number of anilines is 6. The third-order valence-corrected chi connectivity index (χ3v) is 8.35. The van der Waals surface area contributed by atoms with Crippen LogP contribution in [0.3, 0.4) is 0 Å². The number of rotatable bonds is 7. The van der Waals surface area contributed by atoms with E-state index in [2.05, 4.69) is 185 Å². The zero-order chi connectivity index (χ0) is 30.8. The molecule has 0 atom stereocenters. The fraction of sp³-hybridized carbons (Fsp3) is 0.143. The monoisotopic (exact) mass is 572 g/mol. The van der Waals surface area contributed by atoms with E-state index < -0.39 is 0 Å². The number of hydrogen-bond donors (Lipinski definition) is 0. The molecule has 0 saturated carbocycles. The minimum atomic E-state index is 1.15. The minimum absolute atomic E-state index is 1.15. The summed E-state index contributed by atoms with van der Waals surface area (Å²) >= 11 is 0. The van der Waals surface area contributed by atoms with E-state index >= 15 is 0 Å². The first-order chi connectivity index (χ1) is 21.3. The molecule has 0 aliphatic rings. The molecule has 218 valence electrons. The van der Waals surface area contributed by atoms with E-state index in [0.29, 0.717) is 0 Å². The number of nitrogens with zero attached hydrogens (tertiary/aromatic N) is 2. The van der Waals surface area contributed by atoms with Crippen molar-refractivity contribution < 1.29 is 0 Å². The molecule has 6 rings (SSSR count). The summed E-state index contributed by atoms with van der Waals surface area (Å²) in [5.74, 6) is 0. The molecule has 0 heterocycles. The van der Waals surface area contributed by atoms with Gasteiger partial charge in [-0.3, -0.25) is 0 Å². The maximum atomic E-state index is 2.36. The fourth-order valence-corrected chi connectivity index (χ4v) is 6.51. The highest BCUT2D eigenvalue weighted by Gasteiger charge is 2.20. The van der Waals surface area contributed by atoms with Crippen LogP contribution in [0.2, 0.25) is 0 Å². The molecule has 0 unspecified atom stereocenters. The molecule has 0 radical (unpaired) electrons. The highest BCUT2D eigenvalue weighted by molar-refractivity contribution is 5.86. The van der Waals surface area contributed by atoms with Gasteiger partial charge in [-0.25, -0.2) is 0 Å². The Kier molecular flexibility index (Phi) is 8.09. The Balaban J connectivity index is 1.46. The summed E-state index contributed by atoms with van der Waals surface area (Å²) in [6.07, 6.45) is 0. The zero-order valence-corrected chi connectivity index (χ0v) is 26.6. The minimum Gasteiger partial charge on any atom is -0.310 e. The lowest BCUT2D eigenvalue weighted by atomic mass is 9.88. The van der Waals surface area contributed by atoms with Crippen molar-refractivity contribution in [2.75, 3.05) is 9.80 Å². The summed E-state index contributed by atoms with van der Waals surface area (Å²) in [4.78, 5) is 4.72. The van der Waals surface area contributed by atoms with Crippen LogP contribution in [-0.4, -0.2) is 0 Å². The maximum Gasteiger partial charge on any atom is 0.0467 e. The molecule has 0 spiro atoms. The third kappa shape index (κ3) is 5.76. The van der Waals surface area contributed by atoms with Crippen molar-refractivity contribution in [2.45, 2.75) is 41.5 Å². The second-order valence-electron chi connectivity index (χ2n) is 11.9. The van der Waals surface area contributed by atoms with Crippen LogP contribution in [0.25, 0.3) is 11.1 Å². The largest absolute Gasteiger partial charge is 0.310 e. The van der Waals surface area contributed by atoms with E-state index in [-0.39, 0.29) is 0 Å². The molecule has 0 aliphatic carbocycles. The maximum absolute atomic E-state index is 2.36. The van der Waals surface area contributed by atoms with Crippen LogP contribution in [0.15, 0.2) is 133 Å². The lowest BCUT2D eigenvalue weighted by Crippen LogP contribution is -2.12. The molecular formula is C42H40N2. The van der Waals surface area contributed by atoms with Gasteiger partial charge in [-0.1, -0.05) is 60.7 Å². The molecule has 0 N–H and O–H groups in total. The quantitative estimate of drug-likeness (QED) is 0.188. The molecule has 0 amide bonds. The van der Waals surface area contributed by atoms with Gasteiger partial charge in [0.05, 0.1) is 0 Å². The average molecular weight is 573 g/mol. The van der Waals surface area contributed by atoms with Crippen molar-refractivity contribution in [1.29, 1.82) is 0 Å². The second-order valence-corrected chi connectivity index (χ2v) is 11.9. The standard InChI is InChI=1S/C42H40N2/c1-29-15-13-21-37(23-29)43(35-17-9-7-10-18-35)39-25-31(3)41(32(4)26-39)42-33(5)27-40(28-34(42)6)44(36-19-11-8-12-20-36)38-22-14-16-30(2)24-38/h7-28H,1-6H3. The van der Waals surface area contributed by atoms with Crippen molar-refractivity contribution in [3.8, 4) is 11.1 Å². The van der Waals surface area contributed by atoms with Gasteiger partial charge in [0.1, 0.15) is 0 Å². The van der Waals surface area contributed by atoms with Gasteiger partial charge in [0.15, 0.2) is 0 Å². The smallest absolute Gasteiger partial charge is 0.0467 e. The summed E-state index contributed by atoms with van der Waals surface area (Å²) in [7, 11) is 0. The Morgan fingerprint density at radius 2 is 0.614 bits per heavy atom. The molecule has 0 fully saturated rings. The van der Waals surface area contributed by atoms with Crippen molar-refractivity contribution in [2.24, 2.45) is 0 Å². The molecule has 2 heteroatoms. The Morgan fingerprint density at radius 1 is 0.295 bits per heavy atom. The van der Waals surface area contributed by atoms with E-state index in [0.717, 1.165) is 22.7 Å². The van der Waals surface area contributed by atoms with E-state index in [9.17, 15) is 0 Å². The van der Waals surface area contributed by atoms with Crippen molar-refractivity contribution >= 4 is 34.1 Å². The number of aryl methyl sites for hydroxylation is 6. The van der Waals surface area contributed by atoms with Crippen LogP contribution in [-0.2, 0) is 0 Å². The summed E-state index contributed by atoms with van der Waals surface area (Å²) < 4.78 is 0. The van der Waals surface area contributed by atoms with Gasteiger partial charge in [-0.15, -0.1) is 0 Å². The summed E-state index contributed by atoms with van der Waals surface area (Å²) in [5, 5.41) is 0. The van der Waals surface area contributed by atoms with Crippen LogP contribution in [0.5, 0.6) is 0 Å². The molecule has 0 saturated heterocycles. The zero-order valence-electron chi connectivity index (χ0n) is 26.6. The predicted octanol–water partition coefficient (Wildman–Crippen LogP) is 12.1. The van der Waals surface area contributed by atoms with E-state index in [1.54, 1.807) is 0 Å². The predicted molar refractivity (Wildman–Crippen MR) is 190 cm³/mol. The third-order valence-electron chi connectivity index (χ3n) is 8.35. The van der Waals surface area contributed by atoms with Gasteiger partial charge in [-0.2, -0.15) is 0 Å². The molecule has 0 aromatic heterocycles. The SMILES string of the molecule is Cc1cccc(N(c2ccccc2)c2cc(C)c(-c3c(C)cc(N(c4ccccc4)c4cccc(C)c4)cc3C)c(C)c2)c1. The first-order valence-electron chi connectivity index (χ1n) is 15.4. The van der Waals surface area contributed by atoms with Gasteiger partial charge >= 0.3 is 0 Å². The molecular weight excluding hydrogens is 532 g/mol. The Bertz CT molecular complexity index is 1730. The van der Waals surface area contributed by atoms with Gasteiger partial charge in [-0.05, 0) is 159 Å². The summed E-state index contributed by atoms with van der Waals surface area (Å²) in [5.41, 5.74) is 17.2. The van der Waals surface area contributed by atoms with Crippen LogP contribution in [0, 0.1) is 41.5 Å². The number of benzene rings is 6. The number of para-hydroxylation sites is 2. The van der Waals surface area contributed by atoms with Crippen LogP contribution < -0.4 is 9.80 Å². The Hall–Kier alpha value is -5.08. The first kappa shape index (κ1) is 29.0. The van der Waals surface area contributed by atoms with Gasteiger partial charge in [0.25, 0.3) is 0 Å². The van der Waals surface area contributed by atoms with E-state index in [4.69, 9.17) is 0 Å². The van der Waals surface area contributed by atoms with Crippen molar-refractivity contribution in [3.63, 3.8) is 0 Å². The van der Waals surface area contributed by atoms with Crippen LogP contribution in [0.4, 0.5) is 34.1 Å². The van der Waals surface area contributed by atoms with E-state index in [1.807, 2.05) is 0 Å². The molecule has 0 aliphatic heterocycles. The first-order valence-corrected chi connectivity index (χ1v) is 15.4. The molecule has 44 heavy (non-hydrogen) atoms. The van der Waals surface area contributed by atoms with Crippen molar-refractivity contribution in [1.82, 2.24) is 0 Å². The van der Waals surface area contributed by atoms with Crippen molar-refractivity contribution in [3.05, 3.63) is 167 Å². The summed E-state index contributed by atoms with van der Waals surface area (Å²) in [6, 6.07) is 48.1. The normalized spacial score (nSPS) is 11.0. The van der Waals surface area contributed by atoms with Gasteiger partial charge in [0.2, 0.25) is 0 Å². The van der Waals surface area contributed by atoms with Crippen LogP contribution >= 0.6 is 0 Å². The second kappa shape index (κ2) is 12.3. The lowest BCUT2D eigenvalue weighted by Gasteiger charge is -2.29. The fourth-order valence-electron chi connectivity index (χ4n) is 6.51. The van der Waals surface area contributed by atoms with Crippen LogP contribution in [0.1, 0.15) is 33.4 Å². The Labute approximate surface area is 262 Å². The topological polar surface area (TPSA) is 6.48 Å². The molecule has 6 aromatic rings. The summed E-state index contributed by atoms with van der Waals surface area (Å²) in [6.45, 7) is 13.3. The van der Waals surface area contributed by atoms with E-state index in [1.165, 1.54) is 55.9 Å². The highest BCUT2D eigenvalue weighted by atomic mass is 15.1. The molecule has 0 bridgehead atoms. The highest BCUT2D eigenvalue weighted by Crippen LogP contribution is 2.43. The molecule has 2 nitrogen and oxygen atoms in total. The van der Waals surface area contributed by atoms with Gasteiger partial charge in [0, 0.05) is 34.1 Å². The molecule has 6 aromatic carbocycles. The average Bonchev–Trinajstić information content (AvgIpc) is 3.00. The van der Waals surface area contributed by atoms with Gasteiger partial charge < -0.3 is 9.80 Å². The lowest BCUT2D eigenvalue weighted by molar-refractivity contribution is 1.23. The Morgan fingerprint density at radius 3 is 0.932 bits per heavy atom. The number of hydrogen-bond acceptors (Lipinski definition) is 2.